The Labute approximate surface area is 170 Å². The first-order chi connectivity index (χ1) is 13.6. The number of ketones is 1. The van der Waals surface area contributed by atoms with Gasteiger partial charge in [0.15, 0.2) is 11.5 Å². The Morgan fingerprint density at radius 2 is 1.86 bits per heavy atom. The first kappa shape index (κ1) is 18.3. The lowest BCUT2D eigenvalue weighted by Gasteiger charge is -2.27. The van der Waals surface area contributed by atoms with E-state index in [4.69, 9.17) is 4.42 Å². The largest absolute Gasteiger partial charge is 0.503 e. The van der Waals surface area contributed by atoms with Crippen LogP contribution in [0, 0.1) is 0 Å². The van der Waals surface area contributed by atoms with Crippen LogP contribution >= 0.6 is 15.9 Å². The highest BCUT2D eigenvalue weighted by Crippen LogP contribution is 2.40. The number of benzene rings is 2. The molecule has 28 heavy (non-hydrogen) atoms. The van der Waals surface area contributed by atoms with Crippen LogP contribution in [0.1, 0.15) is 27.7 Å². The summed E-state index contributed by atoms with van der Waals surface area (Å²) in [6.07, 6.45) is 1.39. The van der Waals surface area contributed by atoms with Gasteiger partial charge in [0.25, 0.3) is 5.91 Å². The monoisotopic (exact) mass is 437 g/mol. The predicted octanol–water partition coefficient (Wildman–Crippen LogP) is 4.82. The lowest BCUT2D eigenvalue weighted by Crippen LogP contribution is -2.30. The second-order valence-corrected chi connectivity index (χ2v) is 7.36. The molecule has 1 N–H and O–H groups in total. The second-order valence-electron chi connectivity index (χ2n) is 6.44. The minimum Gasteiger partial charge on any atom is -0.503 e. The maximum Gasteiger partial charge on any atom is 0.290 e. The van der Waals surface area contributed by atoms with E-state index in [1.807, 2.05) is 54.6 Å². The van der Waals surface area contributed by atoms with Crippen molar-refractivity contribution in [2.45, 2.75) is 12.6 Å². The Morgan fingerprint density at radius 1 is 1.07 bits per heavy atom. The third kappa shape index (κ3) is 3.27. The third-order valence-corrected chi connectivity index (χ3v) is 5.15. The summed E-state index contributed by atoms with van der Waals surface area (Å²) in [6.45, 7) is 0.260. The fraction of sp³-hybridized carbons (Fsp3) is 0.0909. The van der Waals surface area contributed by atoms with E-state index in [9.17, 15) is 14.7 Å². The molecule has 0 fully saturated rings. The fourth-order valence-electron chi connectivity index (χ4n) is 3.39. The summed E-state index contributed by atoms with van der Waals surface area (Å²) in [7, 11) is 0. The Balaban J connectivity index is 1.81. The molecule has 0 aliphatic carbocycles. The molecule has 0 saturated heterocycles. The standard InChI is InChI=1S/C22H16BrNO4/c23-16-9-4-8-15(12-16)19-18(20(25)17-10-5-11-28-17)21(26)22(27)24(19)13-14-6-2-1-3-7-14/h1-12,19,26H,13H2. The zero-order chi connectivity index (χ0) is 19.7. The molecule has 5 nitrogen and oxygen atoms in total. The van der Waals surface area contributed by atoms with Crippen molar-refractivity contribution in [1.82, 2.24) is 4.90 Å². The van der Waals surface area contributed by atoms with Gasteiger partial charge >= 0.3 is 0 Å². The minimum atomic E-state index is -0.720. The van der Waals surface area contributed by atoms with Crippen molar-refractivity contribution in [1.29, 1.82) is 0 Å². The number of nitrogens with zero attached hydrogens (tertiary/aromatic N) is 1. The lowest BCUT2D eigenvalue weighted by molar-refractivity contribution is -0.130. The molecular weight excluding hydrogens is 422 g/mol. The maximum absolute atomic E-state index is 13.0. The van der Waals surface area contributed by atoms with E-state index < -0.39 is 23.5 Å². The zero-order valence-corrected chi connectivity index (χ0v) is 16.3. The van der Waals surface area contributed by atoms with Crippen LogP contribution < -0.4 is 0 Å². The van der Waals surface area contributed by atoms with E-state index in [2.05, 4.69) is 15.9 Å². The molecule has 0 radical (unpaired) electrons. The summed E-state index contributed by atoms with van der Waals surface area (Å²) in [5.41, 5.74) is 1.64. The van der Waals surface area contributed by atoms with Gasteiger partial charge in [-0.3, -0.25) is 9.59 Å². The highest BCUT2D eigenvalue weighted by Gasteiger charge is 2.44. The summed E-state index contributed by atoms with van der Waals surface area (Å²) in [5.74, 6) is -1.54. The number of rotatable bonds is 5. The first-order valence-corrected chi connectivity index (χ1v) is 9.47. The SMILES string of the molecule is O=C(C1=C(O)C(=O)N(Cc2ccccc2)C1c1cccc(Br)c1)c1ccco1. The van der Waals surface area contributed by atoms with E-state index in [-0.39, 0.29) is 17.9 Å². The molecule has 0 saturated carbocycles. The van der Waals surface area contributed by atoms with Crippen LogP contribution in [-0.2, 0) is 11.3 Å². The average molecular weight is 438 g/mol. The number of hydrogen-bond donors (Lipinski definition) is 1. The van der Waals surface area contributed by atoms with Gasteiger partial charge in [0.05, 0.1) is 17.9 Å². The van der Waals surface area contributed by atoms with Crippen molar-refractivity contribution in [2.75, 3.05) is 0 Å². The Hall–Kier alpha value is -3.12. The average Bonchev–Trinajstić information content (AvgIpc) is 3.32. The van der Waals surface area contributed by atoms with E-state index in [0.29, 0.717) is 0 Å². The normalized spacial score (nSPS) is 16.7. The molecule has 1 aliphatic heterocycles. The summed E-state index contributed by atoms with van der Waals surface area (Å²) in [5, 5.41) is 10.6. The first-order valence-electron chi connectivity index (χ1n) is 8.68. The number of halogens is 1. The molecule has 0 spiro atoms. The minimum absolute atomic E-state index is 0.0222. The molecule has 1 unspecified atom stereocenters. The van der Waals surface area contributed by atoms with Crippen LogP contribution in [0.5, 0.6) is 0 Å². The van der Waals surface area contributed by atoms with Crippen molar-refractivity contribution in [3.8, 4) is 0 Å². The maximum atomic E-state index is 13.0. The van der Waals surface area contributed by atoms with Gasteiger partial charge in [0.2, 0.25) is 5.78 Å². The smallest absolute Gasteiger partial charge is 0.290 e. The number of hydrogen-bond acceptors (Lipinski definition) is 4. The van der Waals surface area contributed by atoms with Gasteiger partial charge in [-0.2, -0.15) is 0 Å². The van der Waals surface area contributed by atoms with E-state index in [0.717, 1.165) is 15.6 Å². The number of amides is 1. The van der Waals surface area contributed by atoms with Crippen molar-refractivity contribution >= 4 is 27.6 Å². The van der Waals surface area contributed by atoms with Gasteiger partial charge in [-0.1, -0.05) is 58.4 Å². The summed E-state index contributed by atoms with van der Waals surface area (Å²) < 4.78 is 6.03. The number of carbonyl (C=O) groups is 2. The van der Waals surface area contributed by atoms with Gasteiger partial charge < -0.3 is 14.4 Å². The summed E-state index contributed by atoms with van der Waals surface area (Å²) in [4.78, 5) is 27.4. The van der Waals surface area contributed by atoms with E-state index in [1.165, 1.54) is 17.2 Å². The highest BCUT2D eigenvalue weighted by molar-refractivity contribution is 9.10. The van der Waals surface area contributed by atoms with Gasteiger partial charge in [-0.15, -0.1) is 0 Å². The van der Waals surface area contributed by atoms with Crippen LogP contribution in [0.3, 0.4) is 0 Å². The zero-order valence-electron chi connectivity index (χ0n) is 14.7. The predicted molar refractivity (Wildman–Crippen MR) is 107 cm³/mol. The Bertz CT molecular complexity index is 1060. The number of carbonyl (C=O) groups excluding carboxylic acids is 2. The molecule has 2 heterocycles. The number of aliphatic hydroxyl groups excluding tert-OH is 1. The number of Topliss-reactive ketones (excluding diaryl/α,β-unsaturated/α-hetero) is 1. The Kier molecular flexibility index (Phi) is 4.88. The molecule has 1 amide bonds. The highest BCUT2D eigenvalue weighted by atomic mass is 79.9. The van der Waals surface area contributed by atoms with Crippen LogP contribution in [-0.4, -0.2) is 21.7 Å². The molecule has 6 heteroatoms. The molecule has 0 bridgehead atoms. The van der Waals surface area contributed by atoms with E-state index in [1.54, 1.807) is 6.07 Å². The topological polar surface area (TPSA) is 70.8 Å². The van der Waals surface area contributed by atoms with Crippen LogP contribution in [0.2, 0.25) is 0 Å². The summed E-state index contributed by atoms with van der Waals surface area (Å²) in [6, 6.07) is 19.2. The summed E-state index contributed by atoms with van der Waals surface area (Å²) >= 11 is 3.44. The Morgan fingerprint density at radius 3 is 2.54 bits per heavy atom. The lowest BCUT2D eigenvalue weighted by atomic mass is 9.95. The second kappa shape index (κ2) is 7.48. The molecule has 1 atom stereocenters. The fourth-order valence-corrected chi connectivity index (χ4v) is 3.81. The van der Waals surface area contributed by atoms with Crippen molar-refractivity contribution in [2.24, 2.45) is 0 Å². The molecule has 2 aromatic carbocycles. The van der Waals surface area contributed by atoms with Crippen LogP contribution in [0.25, 0.3) is 0 Å². The molecule has 1 aliphatic rings. The van der Waals surface area contributed by atoms with Crippen molar-refractivity contribution in [3.05, 3.63) is 106 Å². The molecule has 1 aromatic heterocycles. The van der Waals surface area contributed by atoms with Crippen LogP contribution in [0.15, 0.2) is 93.2 Å². The number of aliphatic hydroxyl groups is 1. The molecular formula is C22H16BrNO4. The molecule has 4 rings (SSSR count). The van der Waals surface area contributed by atoms with Gasteiger partial charge in [0.1, 0.15) is 0 Å². The van der Waals surface area contributed by atoms with Gasteiger partial charge in [-0.25, -0.2) is 0 Å². The van der Waals surface area contributed by atoms with Gasteiger partial charge in [0, 0.05) is 11.0 Å². The quantitative estimate of drug-likeness (QED) is 0.580. The molecule has 140 valence electrons. The van der Waals surface area contributed by atoms with Gasteiger partial charge in [-0.05, 0) is 35.4 Å². The van der Waals surface area contributed by atoms with E-state index >= 15 is 0 Å². The molecule has 3 aromatic rings. The van der Waals surface area contributed by atoms with Crippen molar-refractivity contribution < 1.29 is 19.1 Å². The third-order valence-electron chi connectivity index (χ3n) is 4.65. The number of furan rings is 1. The van der Waals surface area contributed by atoms with Crippen molar-refractivity contribution in [3.63, 3.8) is 0 Å². The van der Waals surface area contributed by atoms with Crippen LogP contribution in [0.4, 0.5) is 0 Å².